The van der Waals surface area contributed by atoms with E-state index in [1.54, 1.807) is 0 Å². The predicted molar refractivity (Wildman–Crippen MR) is 308 cm³/mol. The highest BCUT2D eigenvalue weighted by Gasteiger charge is 2.56. The van der Waals surface area contributed by atoms with Gasteiger partial charge in [0.2, 0.25) is 35.4 Å². The standard InChI is InChI=1S/C62H40O34/c63-20-11-34-41-35(12-20)90-52-21(1-2-24(64)47(52)79)40(41)54(51(89-34)16-3-25(65)42(74)26(66)4-16)91-36-14-23-39(50(82)48(36)80)38-22(13-33(73)46(78)49(38)81)61(87)93-53-37(15-88-60(23)86)92-62(96-59(85)19-9-31(71)45(77)32(72)10-19)56(95-58(84)18-7-29(69)44(76)30(70)8-18)55(53)94-57(83)17-5-27(67)43(75)28(68)6-17/h1-14,37,53,55-56,62H,15H2,(H19-,63,64,65,66,67,68,69,70,71,72,73,74,75,76,77,78,79,80,81,82,83,84,85,86,87)/p+1/t37?,53-,55-,56?,62-/m0/s1. The van der Waals surface area contributed by atoms with Gasteiger partial charge in [0.15, 0.2) is 116 Å². The fraction of sp³-hybridized carbons (Fsp3) is 0.0968. The fourth-order valence-electron chi connectivity index (χ4n) is 10.6. The molecule has 0 amide bonds. The van der Waals surface area contributed by atoms with E-state index in [2.05, 4.69) is 0 Å². The van der Waals surface area contributed by atoms with Crippen molar-refractivity contribution in [2.75, 3.05) is 6.61 Å². The zero-order chi connectivity index (χ0) is 69.1. The van der Waals surface area contributed by atoms with Crippen molar-refractivity contribution in [1.29, 1.82) is 0 Å². The zero-order valence-electron chi connectivity index (χ0n) is 47.3. The number of esters is 5. The van der Waals surface area contributed by atoms with Gasteiger partial charge in [-0.3, -0.25) is 0 Å². The van der Waals surface area contributed by atoms with Crippen LogP contribution >= 0.6 is 0 Å². The Morgan fingerprint density at radius 3 is 1.47 bits per heavy atom. The summed E-state index contributed by atoms with van der Waals surface area (Å²) in [4.78, 5) is 73.1. The van der Waals surface area contributed by atoms with Crippen LogP contribution in [-0.2, 0) is 28.4 Å². The number of carbonyl (C=O) groups is 5. The third-order valence-corrected chi connectivity index (χ3v) is 15.1. The molecule has 8 aromatic carbocycles. The van der Waals surface area contributed by atoms with Crippen molar-refractivity contribution in [3.63, 3.8) is 0 Å². The molecule has 492 valence electrons. The Balaban J connectivity index is 1.05. The summed E-state index contributed by atoms with van der Waals surface area (Å²) in [5, 5.41) is 216. The molecular formula is C62H41O34+. The van der Waals surface area contributed by atoms with Crippen LogP contribution in [-0.4, -0.2) is 169 Å². The van der Waals surface area contributed by atoms with Gasteiger partial charge < -0.3 is 140 Å². The molecule has 96 heavy (non-hydrogen) atoms. The Morgan fingerprint density at radius 1 is 0.448 bits per heavy atom. The number of aromatic hydroxyl groups is 20. The third kappa shape index (κ3) is 10.3. The van der Waals surface area contributed by atoms with E-state index in [4.69, 9.17) is 42.3 Å². The van der Waals surface area contributed by atoms with E-state index in [0.717, 1.165) is 36.4 Å². The number of hydrogen-bond donors (Lipinski definition) is 20. The van der Waals surface area contributed by atoms with Crippen LogP contribution in [0.25, 0.3) is 44.5 Å². The van der Waals surface area contributed by atoms with Crippen molar-refractivity contribution in [2.24, 2.45) is 0 Å². The molecule has 4 heterocycles. The molecule has 34 nitrogen and oxygen atoms in total. The molecular weight excluding hydrogens is 1290 g/mol. The molecule has 3 aliphatic rings. The second-order valence-electron chi connectivity index (χ2n) is 21.1. The third-order valence-electron chi connectivity index (χ3n) is 15.1. The lowest BCUT2D eigenvalue weighted by molar-refractivity contribution is -0.282. The van der Waals surface area contributed by atoms with Crippen LogP contribution < -0.4 is 9.47 Å². The van der Waals surface area contributed by atoms with Crippen molar-refractivity contribution >= 4 is 40.8 Å². The Labute approximate surface area is 529 Å². The Hall–Kier alpha value is -13.9. The van der Waals surface area contributed by atoms with Gasteiger partial charge in [0.1, 0.15) is 29.6 Å². The minimum absolute atomic E-state index is 0.146. The molecule has 20 N–H and O–H groups in total. The fourth-order valence-corrected chi connectivity index (χ4v) is 10.6. The van der Waals surface area contributed by atoms with Crippen LogP contribution in [0.4, 0.5) is 0 Å². The normalized spacial score (nSPS) is 17.0. The summed E-state index contributed by atoms with van der Waals surface area (Å²) in [5.41, 5.74) is -8.68. The number of benzene rings is 8. The average molecular weight is 1330 g/mol. The van der Waals surface area contributed by atoms with E-state index in [1.807, 2.05) is 0 Å². The van der Waals surface area contributed by atoms with Crippen molar-refractivity contribution in [2.45, 2.75) is 30.7 Å². The van der Waals surface area contributed by atoms with E-state index in [9.17, 15) is 117 Å². The topological polar surface area (TPSA) is 575 Å². The summed E-state index contributed by atoms with van der Waals surface area (Å²) in [5.74, 6) is -35.6. The summed E-state index contributed by atoms with van der Waals surface area (Å²) in [6.45, 7) is -1.44. The average Bonchev–Trinajstić information content (AvgIpc) is 0.752. The summed E-state index contributed by atoms with van der Waals surface area (Å²) < 4.78 is 53.1. The van der Waals surface area contributed by atoms with Crippen LogP contribution in [0.3, 0.4) is 0 Å². The molecule has 1 saturated heterocycles. The minimum atomic E-state index is -2.70. The maximum atomic E-state index is 15.2. The minimum Gasteiger partial charge on any atom is -0.507 e. The molecule has 1 fully saturated rings. The van der Waals surface area contributed by atoms with Crippen molar-refractivity contribution in [3.05, 3.63) is 113 Å². The Kier molecular flexibility index (Phi) is 14.8. The molecule has 0 bridgehead atoms. The summed E-state index contributed by atoms with van der Waals surface area (Å²) in [6, 6.07) is 9.73. The van der Waals surface area contributed by atoms with Gasteiger partial charge in [-0.2, -0.15) is 0 Å². The first kappa shape index (κ1) is 62.3. The monoisotopic (exact) mass is 1330 g/mol. The molecule has 0 spiro atoms. The molecule has 34 heteroatoms. The highest BCUT2D eigenvalue weighted by atomic mass is 16.7. The number of rotatable bonds is 9. The molecule has 12 rings (SSSR count). The van der Waals surface area contributed by atoms with Gasteiger partial charge in [-0.05, 0) is 54.6 Å². The van der Waals surface area contributed by atoms with Crippen LogP contribution in [0, 0.1) is 0 Å². The van der Waals surface area contributed by atoms with Crippen molar-refractivity contribution < 1.29 is 168 Å². The van der Waals surface area contributed by atoms with Crippen molar-refractivity contribution in [1.82, 2.24) is 0 Å². The molecule has 0 saturated carbocycles. The van der Waals surface area contributed by atoms with E-state index in [-0.39, 0.29) is 27.8 Å². The first-order valence-electron chi connectivity index (χ1n) is 27.0. The van der Waals surface area contributed by atoms with Gasteiger partial charge in [0, 0.05) is 41.0 Å². The highest BCUT2D eigenvalue weighted by Crippen LogP contribution is 2.61. The molecule has 9 aromatic rings. The van der Waals surface area contributed by atoms with Crippen LogP contribution in [0.2, 0.25) is 0 Å². The molecule has 3 aliphatic heterocycles. The second-order valence-corrected chi connectivity index (χ2v) is 21.1. The quantitative estimate of drug-likeness (QED) is 0.0319. The predicted octanol–water partition coefficient (Wildman–Crippen LogP) is 6.45. The Bertz CT molecular complexity index is 4830. The largest absolute Gasteiger partial charge is 0.507 e. The van der Waals surface area contributed by atoms with E-state index >= 15 is 9.59 Å². The van der Waals surface area contributed by atoms with Gasteiger partial charge in [-0.15, -0.1) is 0 Å². The van der Waals surface area contributed by atoms with Crippen LogP contribution in [0.15, 0.2) is 89.3 Å². The van der Waals surface area contributed by atoms with E-state index < -0.39 is 250 Å². The first-order chi connectivity index (χ1) is 45.4. The molecule has 5 atom stereocenters. The number of cyclic esters (lactones) is 1. The van der Waals surface area contributed by atoms with Gasteiger partial charge in [0.25, 0.3) is 0 Å². The lowest BCUT2D eigenvalue weighted by atomic mass is 9.91. The smallest absolute Gasteiger partial charge is 0.403 e. The summed E-state index contributed by atoms with van der Waals surface area (Å²) in [7, 11) is 0. The molecule has 0 radical (unpaired) electrons. The Morgan fingerprint density at radius 2 is 0.927 bits per heavy atom. The number of phenols is 20. The summed E-state index contributed by atoms with van der Waals surface area (Å²) >= 11 is 0. The lowest BCUT2D eigenvalue weighted by Gasteiger charge is -2.43. The molecule has 2 unspecified atom stereocenters. The zero-order valence-corrected chi connectivity index (χ0v) is 47.3. The van der Waals surface area contributed by atoms with Crippen LogP contribution in [0.1, 0.15) is 51.8 Å². The van der Waals surface area contributed by atoms with Crippen LogP contribution in [0.5, 0.6) is 138 Å². The van der Waals surface area contributed by atoms with Crippen molar-refractivity contribution in [3.8, 4) is 172 Å². The van der Waals surface area contributed by atoms with Gasteiger partial charge in [-0.1, -0.05) is 0 Å². The second kappa shape index (κ2) is 22.8. The first-order valence-corrected chi connectivity index (χ1v) is 27.0. The number of phenolic OH excluding ortho intramolecular Hbond substituents is 20. The number of ether oxygens (including phenoxy) is 8. The lowest BCUT2D eigenvalue weighted by Crippen LogP contribution is -2.63. The number of carbonyl (C=O) groups excluding carboxylic acids is 5. The van der Waals surface area contributed by atoms with E-state index in [0.29, 0.717) is 48.5 Å². The highest BCUT2D eigenvalue weighted by molar-refractivity contribution is 6.10. The maximum absolute atomic E-state index is 15.2. The van der Waals surface area contributed by atoms with Gasteiger partial charge in [0.05, 0.1) is 45.0 Å². The van der Waals surface area contributed by atoms with E-state index in [1.165, 1.54) is 0 Å². The number of fused-ring (bicyclic) bond motifs is 6. The van der Waals surface area contributed by atoms with Gasteiger partial charge >= 0.3 is 41.2 Å². The molecule has 1 aromatic heterocycles. The molecule has 0 aliphatic carbocycles. The summed E-state index contributed by atoms with van der Waals surface area (Å²) in [6.07, 6.45) is -13.0. The number of hydrogen-bond acceptors (Lipinski definition) is 33. The SMILES string of the molecule is O=C(OC1[C@H](OC(=O)c2cc(O)c(O)c(O)c2)OC2COC(=O)c3cc(Oc4c(-c5cc(O)c(O)c(O)c5)[o+]c5cc(O)cc6c5c4-c4ccc(O)c(O)c4O6)c(O)c(O)c3-c3c(cc(O)c(O)c3O)C(=O)O[C@@H]2[C@@H]1OC(=O)c1cc(O)c(O)c(O)c1)c1cc(O)c(O)c(O)c1. The van der Waals surface area contributed by atoms with Gasteiger partial charge in [-0.25, -0.2) is 28.4 Å². The maximum Gasteiger partial charge on any atom is 0.403 e.